The minimum absolute atomic E-state index is 0.0748. The molecule has 0 aliphatic carbocycles. The standard InChI is InChI=1S/C23H33N3O4S/c27-23(25-15-13-24(14-16-25)19-22-7-4-17-30-22)21-8-11-26(12-9-21)31(28,29)18-10-20-5-2-1-3-6-20/h1-3,5-6,10,18,21-22H,4,7-9,11-17,19H2/b18-10+. The predicted octanol–water partition coefficient (Wildman–Crippen LogP) is 2.02. The topological polar surface area (TPSA) is 70.2 Å². The SMILES string of the molecule is O=C(C1CCN(S(=O)(=O)/C=C/c2ccccc2)CC1)N1CCN(CC2CCCO2)CC1. The summed E-state index contributed by atoms with van der Waals surface area (Å²) in [6, 6.07) is 9.41. The van der Waals surface area contributed by atoms with Crippen LogP contribution in [-0.2, 0) is 19.6 Å². The van der Waals surface area contributed by atoms with E-state index in [1.807, 2.05) is 35.2 Å². The summed E-state index contributed by atoms with van der Waals surface area (Å²) in [5.41, 5.74) is 0.856. The zero-order chi connectivity index (χ0) is 21.7. The molecule has 1 aromatic carbocycles. The van der Waals surface area contributed by atoms with Gasteiger partial charge >= 0.3 is 0 Å². The third-order valence-electron chi connectivity index (χ3n) is 6.56. The van der Waals surface area contributed by atoms with E-state index in [9.17, 15) is 13.2 Å². The Labute approximate surface area is 185 Å². The summed E-state index contributed by atoms with van der Waals surface area (Å²) < 4.78 is 32.5. The molecule has 31 heavy (non-hydrogen) atoms. The highest BCUT2D eigenvalue weighted by atomic mass is 32.2. The van der Waals surface area contributed by atoms with Gasteiger partial charge in [-0.3, -0.25) is 9.69 Å². The summed E-state index contributed by atoms with van der Waals surface area (Å²) in [6.07, 6.45) is 5.45. The second-order valence-corrected chi connectivity index (χ2v) is 10.5. The van der Waals surface area contributed by atoms with Crippen molar-refractivity contribution in [2.75, 3.05) is 52.4 Å². The van der Waals surface area contributed by atoms with E-state index in [2.05, 4.69) is 4.90 Å². The van der Waals surface area contributed by atoms with Gasteiger partial charge in [-0.15, -0.1) is 0 Å². The molecule has 8 heteroatoms. The molecule has 4 rings (SSSR count). The highest BCUT2D eigenvalue weighted by Gasteiger charge is 2.33. The van der Waals surface area contributed by atoms with Gasteiger partial charge in [0.25, 0.3) is 0 Å². The highest BCUT2D eigenvalue weighted by Crippen LogP contribution is 2.23. The van der Waals surface area contributed by atoms with Crippen molar-refractivity contribution in [3.63, 3.8) is 0 Å². The van der Waals surface area contributed by atoms with Crippen molar-refractivity contribution in [2.24, 2.45) is 5.92 Å². The molecule has 170 valence electrons. The molecular weight excluding hydrogens is 414 g/mol. The van der Waals surface area contributed by atoms with Crippen LogP contribution in [0.3, 0.4) is 0 Å². The second kappa shape index (κ2) is 10.3. The zero-order valence-corrected chi connectivity index (χ0v) is 18.9. The normalized spacial score (nSPS) is 24.8. The van der Waals surface area contributed by atoms with E-state index in [0.717, 1.165) is 57.7 Å². The Morgan fingerprint density at radius 1 is 1.00 bits per heavy atom. The molecule has 0 aromatic heterocycles. The van der Waals surface area contributed by atoms with E-state index in [4.69, 9.17) is 4.74 Å². The molecule has 0 N–H and O–H groups in total. The first kappa shape index (κ1) is 22.5. The van der Waals surface area contributed by atoms with Gasteiger partial charge in [-0.1, -0.05) is 30.3 Å². The lowest BCUT2D eigenvalue weighted by Gasteiger charge is -2.38. The van der Waals surface area contributed by atoms with E-state index in [1.165, 1.54) is 9.71 Å². The van der Waals surface area contributed by atoms with Crippen LogP contribution in [0.4, 0.5) is 0 Å². The first-order valence-electron chi connectivity index (χ1n) is 11.4. The maximum absolute atomic E-state index is 13.0. The Morgan fingerprint density at radius 2 is 1.71 bits per heavy atom. The van der Waals surface area contributed by atoms with Crippen LogP contribution >= 0.6 is 0 Å². The maximum Gasteiger partial charge on any atom is 0.236 e. The minimum atomic E-state index is -3.47. The molecule has 1 aromatic rings. The Hall–Kier alpha value is -1.74. The summed E-state index contributed by atoms with van der Waals surface area (Å²) in [5, 5.41) is 1.28. The quantitative estimate of drug-likeness (QED) is 0.667. The van der Waals surface area contributed by atoms with E-state index in [-0.39, 0.29) is 11.8 Å². The molecule has 3 heterocycles. The summed E-state index contributed by atoms with van der Waals surface area (Å²) in [6.45, 7) is 5.93. The molecule has 3 aliphatic heterocycles. The second-order valence-electron chi connectivity index (χ2n) is 8.69. The summed E-state index contributed by atoms with van der Waals surface area (Å²) in [7, 11) is -3.47. The third kappa shape index (κ3) is 5.94. The number of rotatable bonds is 6. The molecule has 3 aliphatic rings. The fraction of sp³-hybridized carbons (Fsp3) is 0.609. The monoisotopic (exact) mass is 447 g/mol. The van der Waals surface area contributed by atoms with Gasteiger partial charge in [-0.05, 0) is 37.3 Å². The number of piperazine rings is 1. The number of nitrogens with zero attached hydrogens (tertiary/aromatic N) is 3. The van der Waals surface area contributed by atoms with Crippen molar-refractivity contribution in [1.29, 1.82) is 0 Å². The van der Waals surface area contributed by atoms with Crippen molar-refractivity contribution in [1.82, 2.24) is 14.1 Å². The lowest BCUT2D eigenvalue weighted by Crippen LogP contribution is -2.52. The Balaban J connectivity index is 1.23. The molecule has 1 atom stereocenters. The Kier molecular flexibility index (Phi) is 7.43. The third-order valence-corrected chi connectivity index (χ3v) is 8.13. The number of ether oxygens (including phenoxy) is 1. The van der Waals surface area contributed by atoms with Gasteiger partial charge in [0.2, 0.25) is 15.9 Å². The Morgan fingerprint density at radius 3 is 2.35 bits per heavy atom. The maximum atomic E-state index is 13.0. The van der Waals surface area contributed by atoms with Crippen LogP contribution in [-0.4, -0.2) is 87.0 Å². The van der Waals surface area contributed by atoms with Crippen LogP contribution in [0, 0.1) is 5.92 Å². The fourth-order valence-electron chi connectivity index (χ4n) is 4.66. The fourth-order valence-corrected chi connectivity index (χ4v) is 5.88. The van der Waals surface area contributed by atoms with Gasteiger partial charge in [0.1, 0.15) is 0 Å². The van der Waals surface area contributed by atoms with Crippen LogP contribution in [0.5, 0.6) is 0 Å². The van der Waals surface area contributed by atoms with Gasteiger partial charge in [0, 0.05) is 63.7 Å². The van der Waals surface area contributed by atoms with Crippen molar-refractivity contribution in [3.05, 3.63) is 41.3 Å². The van der Waals surface area contributed by atoms with Gasteiger partial charge in [-0.25, -0.2) is 8.42 Å². The molecular formula is C23H33N3O4S. The van der Waals surface area contributed by atoms with E-state index in [0.29, 0.717) is 32.0 Å². The van der Waals surface area contributed by atoms with Crippen LogP contribution in [0.25, 0.3) is 6.08 Å². The summed E-state index contributed by atoms with van der Waals surface area (Å²) in [5.74, 6) is 0.114. The minimum Gasteiger partial charge on any atom is -0.377 e. The van der Waals surface area contributed by atoms with Gasteiger partial charge in [0.05, 0.1) is 6.10 Å². The van der Waals surface area contributed by atoms with Crippen LogP contribution in [0.1, 0.15) is 31.2 Å². The van der Waals surface area contributed by atoms with Crippen LogP contribution in [0.2, 0.25) is 0 Å². The van der Waals surface area contributed by atoms with Gasteiger partial charge in [-0.2, -0.15) is 4.31 Å². The molecule has 3 saturated heterocycles. The Bertz CT molecular complexity index is 852. The smallest absolute Gasteiger partial charge is 0.236 e. The van der Waals surface area contributed by atoms with Gasteiger partial charge in [0.15, 0.2) is 0 Å². The number of piperidine rings is 1. The molecule has 0 radical (unpaired) electrons. The van der Waals surface area contributed by atoms with E-state index in [1.54, 1.807) is 6.08 Å². The molecule has 0 bridgehead atoms. The summed E-state index contributed by atoms with van der Waals surface area (Å²) >= 11 is 0. The number of hydrogen-bond acceptors (Lipinski definition) is 5. The van der Waals surface area contributed by atoms with E-state index < -0.39 is 10.0 Å². The van der Waals surface area contributed by atoms with Crippen LogP contribution in [0.15, 0.2) is 35.7 Å². The van der Waals surface area contributed by atoms with Crippen molar-refractivity contribution in [3.8, 4) is 0 Å². The number of carbonyl (C=O) groups excluding carboxylic acids is 1. The molecule has 1 amide bonds. The van der Waals surface area contributed by atoms with Crippen LogP contribution < -0.4 is 0 Å². The van der Waals surface area contributed by atoms with Crippen molar-refractivity contribution in [2.45, 2.75) is 31.8 Å². The van der Waals surface area contributed by atoms with Crippen molar-refractivity contribution >= 4 is 22.0 Å². The molecule has 1 unspecified atom stereocenters. The lowest BCUT2D eigenvalue weighted by atomic mass is 9.96. The average Bonchev–Trinajstić information content (AvgIpc) is 3.32. The predicted molar refractivity (Wildman–Crippen MR) is 121 cm³/mol. The van der Waals surface area contributed by atoms with Crippen molar-refractivity contribution < 1.29 is 17.9 Å². The number of carbonyl (C=O) groups is 1. The largest absolute Gasteiger partial charge is 0.377 e. The van der Waals surface area contributed by atoms with Gasteiger partial charge < -0.3 is 9.64 Å². The molecule has 7 nitrogen and oxygen atoms in total. The zero-order valence-electron chi connectivity index (χ0n) is 18.1. The molecule has 3 fully saturated rings. The first-order chi connectivity index (χ1) is 15.0. The molecule has 0 saturated carbocycles. The number of hydrogen-bond donors (Lipinski definition) is 0. The summed E-state index contributed by atoms with van der Waals surface area (Å²) in [4.78, 5) is 17.3. The number of sulfonamides is 1. The highest BCUT2D eigenvalue weighted by molar-refractivity contribution is 7.92. The average molecular weight is 448 g/mol. The van der Waals surface area contributed by atoms with E-state index >= 15 is 0 Å². The lowest BCUT2D eigenvalue weighted by molar-refractivity contribution is -0.138. The first-order valence-corrected chi connectivity index (χ1v) is 12.9. The number of amides is 1. The number of benzene rings is 1. The molecule has 0 spiro atoms.